The zero-order chi connectivity index (χ0) is 20.5. The second-order valence-corrected chi connectivity index (χ2v) is 7.44. The first-order chi connectivity index (χ1) is 14.2. The Labute approximate surface area is 194 Å². The average Bonchev–Trinajstić information content (AvgIpc) is 3.16. The predicted octanol–water partition coefficient (Wildman–Crippen LogP) is 3.30. The Hall–Kier alpha value is -1.20. The highest BCUT2D eigenvalue weighted by Gasteiger charge is 2.27. The number of guanidine groups is 1. The third kappa shape index (κ3) is 7.49. The summed E-state index contributed by atoms with van der Waals surface area (Å²) in [5.41, 5.74) is 0.0593. The van der Waals surface area contributed by atoms with Crippen molar-refractivity contribution in [1.29, 1.82) is 0 Å². The zero-order valence-corrected chi connectivity index (χ0v) is 19.9. The minimum atomic E-state index is -0.518. The largest absolute Gasteiger partial charge is 0.381 e. The molecular formula is C21H33F2IN4O2. The highest BCUT2D eigenvalue weighted by Crippen LogP contribution is 2.26. The van der Waals surface area contributed by atoms with Crippen LogP contribution in [0.15, 0.2) is 23.2 Å². The molecule has 0 aliphatic carbocycles. The van der Waals surface area contributed by atoms with Crippen molar-refractivity contribution < 1.29 is 18.3 Å². The molecular weight excluding hydrogens is 505 g/mol. The van der Waals surface area contributed by atoms with Crippen molar-refractivity contribution >= 4 is 35.6 Å². The van der Waals surface area contributed by atoms with Gasteiger partial charge >= 0.3 is 0 Å². The molecule has 1 atom stereocenters. The molecule has 2 heterocycles. The van der Waals surface area contributed by atoms with E-state index >= 15 is 0 Å². The molecule has 0 aromatic heterocycles. The summed E-state index contributed by atoms with van der Waals surface area (Å²) >= 11 is 0. The Bertz CT molecular complexity index is 654. The van der Waals surface area contributed by atoms with Crippen LogP contribution < -0.4 is 15.5 Å². The first-order valence-electron chi connectivity index (χ1n) is 10.6. The number of benzene rings is 1. The van der Waals surface area contributed by atoms with Crippen LogP contribution in [0.5, 0.6) is 0 Å². The summed E-state index contributed by atoms with van der Waals surface area (Å²) in [5, 5.41) is 6.63. The van der Waals surface area contributed by atoms with Gasteiger partial charge in [-0.1, -0.05) is 6.07 Å². The highest BCUT2D eigenvalue weighted by atomic mass is 127. The van der Waals surface area contributed by atoms with Gasteiger partial charge in [0.2, 0.25) is 0 Å². The predicted molar refractivity (Wildman–Crippen MR) is 126 cm³/mol. The molecule has 1 unspecified atom stereocenters. The van der Waals surface area contributed by atoms with Gasteiger partial charge in [-0.25, -0.2) is 8.78 Å². The maximum atomic E-state index is 14.0. The smallest absolute Gasteiger partial charge is 0.191 e. The van der Waals surface area contributed by atoms with Crippen LogP contribution in [0.2, 0.25) is 0 Å². The molecule has 0 saturated carbocycles. The Kier molecular flexibility index (Phi) is 11.1. The van der Waals surface area contributed by atoms with Crippen molar-refractivity contribution in [3.8, 4) is 0 Å². The van der Waals surface area contributed by atoms with Gasteiger partial charge in [0.1, 0.15) is 17.3 Å². The van der Waals surface area contributed by atoms with Gasteiger partial charge in [-0.05, 0) is 44.7 Å². The van der Waals surface area contributed by atoms with Crippen molar-refractivity contribution in [2.24, 2.45) is 4.99 Å². The van der Waals surface area contributed by atoms with Crippen LogP contribution in [-0.2, 0) is 9.47 Å². The molecule has 2 aliphatic rings. The SMILES string of the molecule is CCNC(=NCCCOC1CCOCC1)NC1CCN(c2c(F)cccc2F)C1.I. The van der Waals surface area contributed by atoms with Crippen molar-refractivity contribution in [1.82, 2.24) is 10.6 Å². The maximum absolute atomic E-state index is 14.0. The number of para-hydroxylation sites is 1. The summed E-state index contributed by atoms with van der Waals surface area (Å²) in [6.45, 7) is 6.83. The van der Waals surface area contributed by atoms with E-state index in [1.807, 2.05) is 6.92 Å². The quantitative estimate of drug-likeness (QED) is 0.230. The molecule has 1 aromatic rings. The Balaban J connectivity index is 0.00000320. The molecule has 3 rings (SSSR count). The van der Waals surface area contributed by atoms with Crippen LogP contribution in [-0.4, -0.2) is 64.1 Å². The second kappa shape index (κ2) is 13.3. The first kappa shape index (κ1) is 25.1. The monoisotopic (exact) mass is 538 g/mol. The third-order valence-corrected chi connectivity index (χ3v) is 5.22. The Morgan fingerprint density at radius 2 is 1.97 bits per heavy atom. The molecule has 2 aliphatic heterocycles. The van der Waals surface area contributed by atoms with Crippen molar-refractivity contribution in [2.75, 3.05) is 50.9 Å². The second-order valence-electron chi connectivity index (χ2n) is 7.44. The van der Waals surface area contributed by atoms with E-state index < -0.39 is 11.6 Å². The number of halogens is 3. The van der Waals surface area contributed by atoms with Crippen LogP contribution in [0.1, 0.15) is 32.6 Å². The normalized spacial score (nSPS) is 20.2. The number of anilines is 1. The number of rotatable bonds is 8. The topological polar surface area (TPSA) is 58.1 Å². The molecule has 0 amide bonds. The molecule has 6 nitrogen and oxygen atoms in total. The number of hydrogen-bond acceptors (Lipinski definition) is 4. The fourth-order valence-electron chi connectivity index (χ4n) is 3.73. The zero-order valence-electron chi connectivity index (χ0n) is 17.5. The standard InChI is InChI=1S/C21H32F2N4O2.HI/c1-2-24-21(25-10-4-12-29-17-8-13-28-14-9-17)26-16-7-11-27(15-16)20-18(22)5-3-6-19(20)23;/h3,5-6,16-17H,2,4,7-15H2,1H3,(H2,24,25,26);1H. The lowest BCUT2D eigenvalue weighted by molar-refractivity contribution is -0.0318. The number of nitrogens with zero attached hydrogens (tertiary/aromatic N) is 2. The number of ether oxygens (including phenoxy) is 2. The molecule has 2 N–H and O–H groups in total. The van der Waals surface area contributed by atoms with Gasteiger partial charge in [0.05, 0.1) is 6.10 Å². The van der Waals surface area contributed by atoms with Gasteiger partial charge < -0.3 is 25.0 Å². The molecule has 30 heavy (non-hydrogen) atoms. The average molecular weight is 538 g/mol. The summed E-state index contributed by atoms with van der Waals surface area (Å²) in [7, 11) is 0. The minimum absolute atomic E-state index is 0. The highest BCUT2D eigenvalue weighted by molar-refractivity contribution is 14.0. The first-order valence-corrected chi connectivity index (χ1v) is 10.6. The lowest BCUT2D eigenvalue weighted by Crippen LogP contribution is -2.44. The molecule has 2 saturated heterocycles. The molecule has 0 bridgehead atoms. The molecule has 0 spiro atoms. The van der Waals surface area contributed by atoms with Crippen molar-refractivity contribution in [3.05, 3.63) is 29.8 Å². The number of hydrogen-bond donors (Lipinski definition) is 2. The van der Waals surface area contributed by atoms with Crippen LogP contribution in [0.4, 0.5) is 14.5 Å². The van der Waals surface area contributed by atoms with E-state index in [1.165, 1.54) is 18.2 Å². The lowest BCUT2D eigenvalue weighted by Gasteiger charge is -2.22. The fraction of sp³-hybridized carbons (Fsp3) is 0.667. The van der Waals surface area contributed by atoms with Gasteiger partial charge in [-0.2, -0.15) is 0 Å². The molecule has 9 heteroatoms. The van der Waals surface area contributed by atoms with Gasteiger partial charge in [-0.3, -0.25) is 4.99 Å². The number of aliphatic imine (C=N–C) groups is 1. The maximum Gasteiger partial charge on any atom is 0.191 e. The summed E-state index contributed by atoms with van der Waals surface area (Å²) in [6, 6.07) is 4.08. The third-order valence-electron chi connectivity index (χ3n) is 5.22. The van der Waals surface area contributed by atoms with E-state index in [2.05, 4.69) is 15.6 Å². The summed E-state index contributed by atoms with van der Waals surface area (Å²) in [4.78, 5) is 6.37. The molecule has 2 fully saturated rings. The van der Waals surface area contributed by atoms with E-state index in [4.69, 9.17) is 9.47 Å². The van der Waals surface area contributed by atoms with E-state index in [0.717, 1.165) is 51.4 Å². The van der Waals surface area contributed by atoms with Crippen LogP contribution in [0.3, 0.4) is 0 Å². The van der Waals surface area contributed by atoms with Crippen molar-refractivity contribution in [2.45, 2.75) is 44.8 Å². The van der Waals surface area contributed by atoms with Gasteiger partial charge in [0.15, 0.2) is 5.96 Å². The van der Waals surface area contributed by atoms with E-state index in [-0.39, 0.29) is 35.7 Å². The van der Waals surface area contributed by atoms with Crippen molar-refractivity contribution in [3.63, 3.8) is 0 Å². The van der Waals surface area contributed by atoms with E-state index in [1.54, 1.807) is 4.90 Å². The van der Waals surface area contributed by atoms with Gasteiger partial charge in [0, 0.05) is 52.0 Å². The van der Waals surface area contributed by atoms with E-state index in [0.29, 0.717) is 32.3 Å². The summed E-state index contributed by atoms with van der Waals surface area (Å²) in [5.74, 6) is -0.300. The van der Waals surface area contributed by atoms with Crippen LogP contribution >= 0.6 is 24.0 Å². The minimum Gasteiger partial charge on any atom is -0.381 e. The van der Waals surface area contributed by atoms with E-state index in [9.17, 15) is 8.78 Å². The Morgan fingerprint density at radius 3 is 2.67 bits per heavy atom. The Morgan fingerprint density at radius 1 is 1.23 bits per heavy atom. The van der Waals surface area contributed by atoms with Crippen LogP contribution in [0, 0.1) is 11.6 Å². The lowest BCUT2D eigenvalue weighted by atomic mass is 10.1. The fourth-order valence-corrected chi connectivity index (χ4v) is 3.73. The molecule has 1 aromatic carbocycles. The van der Waals surface area contributed by atoms with Gasteiger partial charge in [0.25, 0.3) is 0 Å². The molecule has 0 radical (unpaired) electrons. The summed E-state index contributed by atoms with van der Waals surface area (Å²) < 4.78 is 39.3. The van der Waals surface area contributed by atoms with Gasteiger partial charge in [-0.15, -0.1) is 24.0 Å². The number of nitrogens with one attached hydrogen (secondary N) is 2. The van der Waals surface area contributed by atoms with Crippen LogP contribution in [0.25, 0.3) is 0 Å². The summed E-state index contributed by atoms with van der Waals surface area (Å²) in [6.07, 6.45) is 3.89. The molecule has 170 valence electrons.